The molecular weight excluding hydrogens is 562 g/mol. The fraction of sp³-hybridized carbons (Fsp3) is 0.231. The van der Waals surface area contributed by atoms with Gasteiger partial charge in [-0.25, -0.2) is 9.80 Å². The van der Waals surface area contributed by atoms with Crippen LogP contribution in [0.4, 0.5) is 10.5 Å². The van der Waals surface area contributed by atoms with E-state index >= 15 is 0 Å². The fourth-order valence-electron chi connectivity index (χ4n) is 4.82. The van der Waals surface area contributed by atoms with Crippen molar-refractivity contribution in [3.05, 3.63) is 59.7 Å². The molecule has 2 heterocycles. The minimum atomic E-state index is -4.61. The molecule has 5 rings (SSSR count). The average molecular weight is 584 g/mol. The number of benzene rings is 2. The summed E-state index contributed by atoms with van der Waals surface area (Å²) in [5.41, 5.74) is 1.96. The molecule has 2 aliphatic heterocycles. The van der Waals surface area contributed by atoms with Crippen molar-refractivity contribution >= 4 is 51.5 Å². The van der Waals surface area contributed by atoms with Crippen LogP contribution in [0.25, 0.3) is 11.1 Å². The number of fused-ring (bicyclic) bond motifs is 3. The Morgan fingerprint density at radius 3 is 2.12 bits per heavy atom. The number of hydrogen-bond donors (Lipinski definition) is 1. The molecule has 1 unspecified atom stereocenters. The van der Waals surface area contributed by atoms with Crippen molar-refractivity contribution < 1.29 is 51.3 Å². The Hall–Kier alpha value is -4.89. The van der Waals surface area contributed by atoms with E-state index in [1.54, 1.807) is 13.0 Å². The summed E-state index contributed by atoms with van der Waals surface area (Å²) in [5, 5.41) is 1.91. The van der Waals surface area contributed by atoms with E-state index in [1.807, 2.05) is 0 Å². The summed E-state index contributed by atoms with van der Waals surface area (Å²) in [5.74, 6) is -4.35. The van der Waals surface area contributed by atoms with E-state index in [2.05, 4.69) is 0 Å². The van der Waals surface area contributed by atoms with E-state index in [0.29, 0.717) is 32.3 Å². The number of carbonyl (C=O) groups excluding carboxylic acids is 6. The van der Waals surface area contributed by atoms with Gasteiger partial charge in [-0.2, -0.15) is 13.4 Å². The highest BCUT2D eigenvalue weighted by molar-refractivity contribution is 7.85. The van der Waals surface area contributed by atoms with Crippen LogP contribution in [-0.2, 0) is 43.7 Å². The number of amides is 5. The molecule has 1 aliphatic carbocycles. The predicted octanol–water partition coefficient (Wildman–Crippen LogP) is 1.85. The molecule has 0 spiro atoms. The first-order valence-corrected chi connectivity index (χ1v) is 13.7. The van der Waals surface area contributed by atoms with Crippen molar-refractivity contribution in [1.82, 2.24) is 10.1 Å². The predicted molar refractivity (Wildman–Crippen MR) is 136 cm³/mol. The molecule has 41 heavy (non-hydrogen) atoms. The molecule has 0 aromatic heterocycles. The number of hydroxylamine groups is 2. The van der Waals surface area contributed by atoms with Crippen molar-refractivity contribution in [2.45, 2.75) is 37.0 Å². The molecule has 5 amide bonds. The van der Waals surface area contributed by atoms with Crippen LogP contribution < -0.4 is 5.01 Å². The lowest BCUT2D eigenvalue weighted by molar-refractivity contribution is -0.177. The highest BCUT2D eigenvalue weighted by atomic mass is 32.2. The van der Waals surface area contributed by atoms with Gasteiger partial charge in [0, 0.05) is 37.3 Å². The van der Waals surface area contributed by atoms with Crippen molar-refractivity contribution in [3.63, 3.8) is 0 Å². The molecule has 1 saturated heterocycles. The van der Waals surface area contributed by atoms with Gasteiger partial charge in [0.05, 0.1) is 10.6 Å². The molecule has 0 saturated carbocycles. The molecule has 2 aromatic rings. The van der Waals surface area contributed by atoms with Crippen molar-refractivity contribution in [2.75, 3.05) is 11.6 Å². The summed E-state index contributed by atoms with van der Waals surface area (Å²) in [6, 6.07) is 8.40. The molecule has 3 aliphatic rings. The van der Waals surface area contributed by atoms with Crippen LogP contribution in [0, 0.1) is 0 Å². The minimum absolute atomic E-state index is 0.0571. The number of carbonyl (C=O) groups is 6. The lowest BCUT2D eigenvalue weighted by Gasteiger charge is -2.30. The quantitative estimate of drug-likeness (QED) is 0.285. The van der Waals surface area contributed by atoms with Gasteiger partial charge >= 0.3 is 6.16 Å². The third kappa shape index (κ3) is 4.96. The highest BCUT2D eigenvalue weighted by Gasteiger charge is 2.38. The lowest BCUT2D eigenvalue weighted by Crippen LogP contribution is -2.50. The van der Waals surface area contributed by atoms with Gasteiger partial charge in [0.1, 0.15) is 6.61 Å². The van der Waals surface area contributed by atoms with Gasteiger partial charge in [-0.15, -0.1) is 0 Å². The first-order valence-electron chi connectivity index (χ1n) is 12.3. The molecular formula is C26H21N3O11S. The van der Waals surface area contributed by atoms with E-state index in [-0.39, 0.29) is 24.9 Å². The minimum Gasteiger partial charge on any atom is -0.432 e. The van der Waals surface area contributed by atoms with Crippen LogP contribution in [0.1, 0.15) is 43.2 Å². The van der Waals surface area contributed by atoms with E-state index < -0.39 is 63.2 Å². The Labute approximate surface area is 232 Å². The first-order chi connectivity index (χ1) is 19.4. The largest absolute Gasteiger partial charge is 0.533 e. The standard InChI is InChI=1S/C26H21N3O11S/c1-2-21(30)27(28-22(31)7-8-23(28)32)14-3-5-16-17-6-4-15(41(36,37)38)12-19(17)20(18(16)11-14)13-39-26(35)40-29-24(33)9-10-25(29)34/h3-8,11-12,20H,2,9-10,13H2,1H3,(H,36,37,38). The number of rotatable bonds is 7. The third-order valence-electron chi connectivity index (χ3n) is 6.71. The molecule has 15 heteroatoms. The summed E-state index contributed by atoms with van der Waals surface area (Å²) in [6.45, 7) is 1.07. The summed E-state index contributed by atoms with van der Waals surface area (Å²) >= 11 is 0. The van der Waals surface area contributed by atoms with Gasteiger partial charge in [0.2, 0.25) is 5.91 Å². The third-order valence-corrected chi connectivity index (χ3v) is 7.56. The Morgan fingerprint density at radius 1 is 0.951 bits per heavy atom. The SMILES string of the molecule is CCC(=O)N(c1ccc2c(c1)C(COC(=O)ON1C(=O)CCC1=O)c1cc(S(=O)(=O)O)ccc1-2)N1C(=O)C=CC1=O. The maximum atomic E-state index is 12.9. The zero-order valence-corrected chi connectivity index (χ0v) is 22.1. The maximum absolute atomic E-state index is 12.9. The van der Waals surface area contributed by atoms with Gasteiger partial charge < -0.3 is 4.74 Å². The number of ether oxygens (including phenoxy) is 1. The van der Waals surface area contributed by atoms with E-state index in [4.69, 9.17) is 9.57 Å². The van der Waals surface area contributed by atoms with E-state index in [9.17, 15) is 41.7 Å². The fourth-order valence-corrected chi connectivity index (χ4v) is 5.33. The summed E-state index contributed by atoms with van der Waals surface area (Å²) in [6.07, 6.45) is 0.376. The molecule has 0 radical (unpaired) electrons. The average Bonchev–Trinajstić information content (AvgIpc) is 3.55. The van der Waals surface area contributed by atoms with E-state index in [0.717, 1.165) is 17.2 Å². The Kier molecular flexibility index (Phi) is 6.92. The maximum Gasteiger partial charge on any atom is 0.533 e. The monoisotopic (exact) mass is 583 g/mol. The van der Waals surface area contributed by atoms with Crippen molar-refractivity contribution in [1.29, 1.82) is 0 Å². The second-order valence-electron chi connectivity index (χ2n) is 9.16. The van der Waals surface area contributed by atoms with Crippen LogP contribution >= 0.6 is 0 Å². The number of nitrogens with zero attached hydrogens (tertiary/aromatic N) is 3. The zero-order valence-electron chi connectivity index (χ0n) is 21.3. The van der Waals surface area contributed by atoms with Crippen LogP contribution in [0.3, 0.4) is 0 Å². The Bertz CT molecular complexity index is 1650. The zero-order chi connectivity index (χ0) is 29.6. The molecule has 1 N–H and O–H groups in total. The van der Waals surface area contributed by atoms with E-state index in [1.165, 1.54) is 30.3 Å². The summed E-state index contributed by atoms with van der Waals surface area (Å²) in [7, 11) is -4.61. The Balaban J connectivity index is 1.52. The lowest BCUT2D eigenvalue weighted by atomic mass is 9.97. The van der Waals surface area contributed by atoms with Crippen molar-refractivity contribution in [2.24, 2.45) is 0 Å². The van der Waals surface area contributed by atoms with Crippen LogP contribution in [0.2, 0.25) is 0 Å². The van der Waals surface area contributed by atoms with Gasteiger partial charge in [0.25, 0.3) is 33.7 Å². The first kappa shape index (κ1) is 27.7. The topological polar surface area (TPSA) is 185 Å². The number of imide groups is 2. The van der Waals surface area contributed by atoms with Crippen LogP contribution in [-0.4, -0.2) is 65.3 Å². The number of hydrogen-bond acceptors (Lipinski definition) is 10. The number of anilines is 1. The second kappa shape index (κ2) is 10.3. The van der Waals surface area contributed by atoms with Gasteiger partial charge in [-0.1, -0.05) is 24.1 Å². The Morgan fingerprint density at radius 2 is 1.54 bits per heavy atom. The number of hydrazine groups is 1. The molecule has 14 nitrogen and oxygen atoms in total. The molecule has 0 bridgehead atoms. The van der Waals surface area contributed by atoms with Gasteiger partial charge in [-0.3, -0.25) is 33.4 Å². The molecule has 1 fully saturated rings. The molecule has 1 atom stereocenters. The normalized spacial score (nSPS) is 17.7. The van der Waals surface area contributed by atoms with Gasteiger partial charge in [0.15, 0.2) is 0 Å². The molecule has 2 aromatic carbocycles. The highest BCUT2D eigenvalue weighted by Crippen LogP contribution is 2.47. The summed E-state index contributed by atoms with van der Waals surface area (Å²) in [4.78, 5) is 78.0. The van der Waals surface area contributed by atoms with Crippen molar-refractivity contribution in [3.8, 4) is 11.1 Å². The van der Waals surface area contributed by atoms with Crippen LogP contribution in [0.15, 0.2) is 53.4 Å². The van der Waals surface area contributed by atoms with Gasteiger partial charge in [-0.05, 0) is 46.5 Å². The summed E-state index contributed by atoms with van der Waals surface area (Å²) < 4.78 is 38.5. The van der Waals surface area contributed by atoms with Crippen LogP contribution in [0.5, 0.6) is 0 Å². The molecule has 212 valence electrons. The second-order valence-corrected chi connectivity index (χ2v) is 10.6. The smallest absolute Gasteiger partial charge is 0.432 e.